The van der Waals surface area contributed by atoms with Gasteiger partial charge in [-0.05, 0) is 12.1 Å². The van der Waals surface area contributed by atoms with Gasteiger partial charge in [0.15, 0.2) is 5.13 Å². The van der Waals surface area contributed by atoms with Crippen LogP contribution in [-0.2, 0) is 18.3 Å². The standard InChI is InChI=1S/C13H12N6OS/c1-19-7-10(17-18-19)5-12(20)16-13-15-11(8-21-13)9-3-2-4-14-6-9/h2-4,6-8H,5H2,1H3,(H,15,16,20). The van der Waals surface area contributed by atoms with Crippen molar-refractivity contribution in [1.29, 1.82) is 0 Å². The molecule has 1 amide bonds. The van der Waals surface area contributed by atoms with E-state index in [0.29, 0.717) is 10.8 Å². The van der Waals surface area contributed by atoms with E-state index in [1.165, 1.54) is 11.3 Å². The molecule has 0 bridgehead atoms. The molecule has 0 saturated carbocycles. The van der Waals surface area contributed by atoms with Gasteiger partial charge in [0, 0.05) is 36.6 Å². The summed E-state index contributed by atoms with van der Waals surface area (Å²) in [7, 11) is 1.76. The van der Waals surface area contributed by atoms with Crippen LogP contribution in [0.15, 0.2) is 36.1 Å². The topological polar surface area (TPSA) is 85.6 Å². The summed E-state index contributed by atoms with van der Waals surface area (Å²) in [6, 6.07) is 3.77. The first kappa shape index (κ1) is 13.4. The van der Waals surface area contributed by atoms with E-state index in [2.05, 4.69) is 25.6 Å². The van der Waals surface area contributed by atoms with Crippen LogP contribution in [0.25, 0.3) is 11.3 Å². The van der Waals surface area contributed by atoms with Crippen molar-refractivity contribution in [2.75, 3.05) is 5.32 Å². The molecule has 7 nitrogen and oxygen atoms in total. The Hall–Kier alpha value is -2.61. The predicted molar refractivity (Wildman–Crippen MR) is 78.7 cm³/mol. The van der Waals surface area contributed by atoms with Gasteiger partial charge in [-0.25, -0.2) is 4.98 Å². The molecular formula is C13H12N6OS. The van der Waals surface area contributed by atoms with Gasteiger partial charge in [0.2, 0.25) is 5.91 Å². The van der Waals surface area contributed by atoms with Crippen molar-refractivity contribution in [2.24, 2.45) is 7.05 Å². The van der Waals surface area contributed by atoms with Gasteiger partial charge in [0.1, 0.15) is 0 Å². The summed E-state index contributed by atoms with van der Waals surface area (Å²) < 4.78 is 1.56. The fourth-order valence-electron chi connectivity index (χ4n) is 1.78. The number of carbonyl (C=O) groups is 1. The summed E-state index contributed by atoms with van der Waals surface area (Å²) in [5.41, 5.74) is 2.34. The predicted octanol–water partition coefficient (Wildman–Crippen LogP) is 1.51. The van der Waals surface area contributed by atoms with Crippen molar-refractivity contribution in [3.05, 3.63) is 41.8 Å². The van der Waals surface area contributed by atoms with E-state index in [1.54, 1.807) is 30.3 Å². The second-order valence-electron chi connectivity index (χ2n) is 4.39. The zero-order valence-corrected chi connectivity index (χ0v) is 12.0. The molecule has 0 radical (unpaired) electrons. The first-order chi connectivity index (χ1) is 10.2. The normalized spacial score (nSPS) is 10.5. The molecule has 0 aliphatic rings. The third-order valence-corrected chi connectivity index (χ3v) is 3.46. The number of hydrogen-bond donors (Lipinski definition) is 1. The summed E-state index contributed by atoms with van der Waals surface area (Å²) in [6.45, 7) is 0. The quantitative estimate of drug-likeness (QED) is 0.789. The number of aryl methyl sites for hydroxylation is 1. The van der Waals surface area contributed by atoms with Gasteiger partial charge >= 0.3 is 0 Å². The average molecular weight is 300 g/mol. The summed E-state index contributed by atoms with van der Waals surface area (Å²) in [4.78, 5) is 20.3. The second-order valence-corrected chi connectivity index (χ2v) is 5.25. The largest absolute Gasteiger partial charge is 0.302 e. The van der Waals surface area contributed by atoms with Crippen LogP contribution < -0.4 is 5.32 Å². The summed E-state index contributed by atoms with van der Waals surface area (Å²) in [6.07, 6.45) is 5.33. The van der Waals surface area contributed by atoms with Crippen LogP contribution >= 0.6 is 11.3 Å². The number of anilines is 1. The molecule has 3 aromatic rings. The fourth-order valence-corrected chi connectivity index (χ4v) is 2.52. The van der Waals surface area contributed by atoms with E-state index >= 15 is 0 Å². The lowest BCUT2D eigenvalue weighted by Gasteiger charge is -1.98. The van der Waals surface area contributed by atoms with Crippen molar-refractivity contribution < 1.29 is 4.79 Å². The molecule has 0 unspecified atom stereocenters. The highest BCUT2D eigenvalue weighted by atomic mass is 32.1. The van der Waals surface area contributed by atoms with Crippen molar-refractivity contribution >= 4 is 22.4 Å². The third-order valence-electron chi connectivity index (χ3n) is 2.70. The summed E-state index contributed by atoms with van der Waals surface area (Å²) in [5, 5.41) is 12.9. The molecule has 0 atom stereocenters. The Morgan fingerprint density at radius 3 is 3.10 bits per heavy atom. The van der Waals surface area contributed by atoms with E-state index in [-0.39, 0.29) is 12.3 Å². The van der Waals surface area contributed by atoms with Crippen molar-refractivity contribution in [3.8, 4) is 11.3 Å². The van der Waals surface area contributed by atoms with Gasteiger partial charge in [0.25, 0.3) is 0 Å². The monoisotopic (exact) mass is 300 g/mol. The van der Waals surface area contributed by atoms with Gasteiger partial charge in [-0.3, -0.25) is 14.5 Å². The number of carbonyl (C=O) groups excluding carboxylic acids is 1. The minimum absolute atomic E-state index is 0.164. The first-order valence-corrected chi connectivity index (χ1v) is 7.09. The Bertz CT molecular complexity index is 751. The molecule has 0 spiro atoms. The van der Waals surface area contributed by atoms with E-state index < -0.39 is 0 Å². The van der Waals surface area contributed by atoms with Crippen LogP contribution in [0.3, 0.4) is 0 Å². The number of amides is 1. The highest BCUT2D eigenvalue weighted by Gasteiger charge is 2.10. The van der Waals surface area contributed by atoms with Crippen LogP contribution in [0.1, 0.15) is 5.69 Å². The minimum Gasteiger partial charge on any atom is -0.302 e. The van der Waals surface area contributed by atoms with Gasteiger partial charge in [-0.15, -0.1) is 16.4 Å². The number of pyridine rings is 1. The third kappa shape index (κ3) is 3.29. The molecule has 0 aliphatic carbocycles. The van der Waals surface area contributed by atoms with E-state index in [1.807, 2.05) is 17.5 Å². The smallest absolute Gasteiger partial charge is 0.232 e. The van der Waals surface area contributed by atoms with E-state index in [4.69, 9.17) is 0 Å². The van der Waals surface area contributed by atoms with Crippen molar-refractivity contribution in [2.45, 2.75) is 6.42 Å². The first-order valence-electron chi connectivity index (χ1n) is 6.22. The van der Waals surface area contributed by atoms with Gasteiger partial charge in [-0.2, -0.15) is 0 Å². The van der Waals surface area contributed by atoms with Gasteiger partial charge in [-0.1, -0.05) is 5.21 Å². The maximum atomic E-state index is 11.9. The van der Waals surface area contributed by atoms with E-state index in [9.17, 15) is 4.79 Å². The molecule has 0 saturated heterocycles. The lowest BCUT2D eigenvalue weighted by Crippen LogP contribution is -2.14. The molecular weight excluding hydrogens is 288 g/mol. The Kier molecular flexibility index (Phi) is 3.69. The molecule has 0 fully saturated rings. The second kappa shape index (κ2) is 5.80. The van der Waals surface area contributed by atoms with Crippen molar-refractivity contribution in [3.63, 3.8) is 0 Å². The molecule has 3 aromatic heterocycles. The van der Waals surface area contributed by atoms with Crippen LogP contribution in [-0.4, -0.2) is 30.9 Å². The van der Waals surface area contributed by atoms with Crippen molar-refractivity contribution in [1.82, 2.24) is 25.0 Å². The number of hydrogen-bond acceptors (Lipinski definition) is 6. The maximum Gasteiger partial charge on any atom is 0.232 e. The number of thiazole rings is 1. The van der Waals surface area contributed by atoms with Crippen LogP contribution in [0.2, 0.25) is 0 Å². The summed E-state index contributed by atoms with van der Waals surface area (Å²) in [5.74, 6) is -0.164. The Balaban J connectivity index is 1.66. The average Bonchev–Trinajstić information content (AvgIpc) is 3.09. The Morgan fingerprint density at radius 1 is 1.48 bits per heavy atom. The van der Waals surface area contributed by atoms with Gasteiger partial charge < -0.3 is 5.32 Å². The maximum absolute atomic E-state index is 11.9. The molecule has 106 valence electrons. The highest BCUT2D eigenvalue weighted by Crippen LogP contribution is 2.24. The van der Waals surface area contributed by atoms with Crippen LogP contribution in [0.4, 0.5) is 5.13 Å². The number of rotatable bonds is 4. The molecule has 3 heterocycles. The number of nitrogens with one attached hydrogen (secondary N) is 1. The lowest BCUT2D eigenvalue weighted by molar-refractivity contribution is -0.115. The molecule has 8 heteroatoms. The molecule has 3 rings (SSSR count). The van der Waals surface area contributed by atoms with Gasteiger partial charge in [0.05, 0.1) is 17.8 Å². The zero-order valence-electron chi connectivity index (χ0n) is 11.2. The highest BCUT2D eigenvalue weighted by molar-refractivity contribution is 7.14. The SMILES string of the molecule is Cn1cc(CC(=O)Nc2nc(-c3cccnc3)cs2)nn1. The van der Waals surface area contributed by atoms with Crippen LogP contribution in [0, 0.1) is 0 Å². The lowest BCUT2D eigenvalue weighted by atomic mass is 10.2. The molecule has 0 aliphatic heterocycles. The van der Waals surface area contributed by atoms with E-state index in [0.717, 1.165) is 11.3 Å². The summed E-state index contributed by atoms with van der Waals surface area (Å²) >= 11 is 1.38. The number of nitrogens with zero attached hydrogens (tertiary/aromatic N) is 5. The Morgan fingerprint density at radius 2 is 2.38 bits per heavy atom. The molecule has 21 heavy (non-hydrogen) atoms. The molecule has 1 N–H and O–H groups in total. The fraction of sp³-hybridized carbons (Fsp3) is 0.154. The number of aromatic nitrogens is 5. The minimum atomic E-state index is -0.164. The molecule has 0 aromatic carbocycles. The van der Waals surface area contributed by atoms with Crippen LogP contribution in [0.5, 0.6) is 0 Å². The zero-order chi connectivity index (χ0) is 14.7. The Labute approximate surface area is 124 Å².